The van der Waals surface area contributed by atoms with E-state index >= 15 is 0 Å². The molecule has 2 aromatic rings. The number of piperidine rings is 1. The van der Waals surface area contributed by atoms with Crippen LogP contribution in [0.5, 0.6) is 0 Å². The first-order valence-corrected chi connectivity index (χ1v) is 12.5. The summed E-state index contributed by atoms with van der Waals surface area (Å²) in [7, 11) is 0. The zero-order valence-corrected chi connectivity index (χ0v) is 20.5. The highest BCUT2D eigenvalue weighted by molar-refractivity contribution is 5.65. The minimum atomic E-state index is -2.70. The zero-order chi connectivity index (χ0) is 24.6. The van der Waals surface area contributed by atoms with E-state index in [1.165, 1.54) is 6.33 Å². The van der Waals surface area contributed by atoms with Crippen LogP contribution in [0, 0.1) is 0 Å². The van der Waals surface area contributed by atoms with Crippen molar-refractivity contribution >= 4 is 11.3 Å². The number of ether oxygens (including phenoxy) is 3. The van der Waals surface area contributed by atoms with Crippen LogP contribution in [0.25, 0.3) is 5.52 Å². The molecule has 0 aromatic carbocycles. The molecule has 4 atom stereocenters. The van der Waals surface area contributed by atoms with E-state index in [-0.39, 0.29) is 25.2 Å². The number of halogens is 2. The number of fused-ring (bicyclic) bond motifs is 2. The van der Waals surface area contributed by atoms with E-state index in [1.807, 2.05) is 30.9 Å². The first-order chi connectivity index (χ1) is 16.6. The van der Waals surface area contributed by atoms with Gasteiger partial charge in [-0.05, 0) is 58.5 Å². The lowest BCUT2D eigenvalue weighted by Crippen LogP contribution is -2.54. The fourth-order valence-electron chi connectivity index (χ4n) is 6.61. The Bertz CT molecular complexity index is 1100. The Morgan fingerprint density at radius 3 is 2.63 bits per heavy atom. The van der Waals surface area contributed by atoms with Crippen molar-refractivity contribution in [2.24, 2.45) is 0 Å². The van der Waals surface area contributed by atoms with E-state index in [0.29, 0.717) is 17.9 Å². The molecule has 6 rings (SSSR count). The van der Waals surface area contributed by atoms with E-state index in [1.54, 1.807) is 4.52 Å². The number of rotatable bonds is 4. The zero-order valence-electron chi connectivity index (χ0n) is 20.5. The van der Waals surface area contributed by atoms with Crippen molar-refractivity contribution in [2.75, 3.05) is 38.5 Å². The molecule has 0 aliphatic carbocycles. The van der Waals surface area contributed by atoms with Crippen LogP contribution < -0.4 is 5.73 Å². The lowest BCUT2D eigenvalue weighted by Gasteiger charge is -2.45. The van der Waals surface area contributed by atoms with E-state index < -0.39 is 29.5 Å². The van der Waals surface area contributed by atoms with E-state index in [4.69, 9.17) is 19.9 Å². The maximum absolute atomic E-state index is 14.8. The molecule has 11 heteroatoms. The molecule has 4 fully saturated rings. The van der Waals surface area contributed by atoms with Crippen LogP contribution in [0.15, 0.2) is 18.5 Å². The minimum Gasteiger partial charge on any atom is -0.382 e. The van der Waals surface area contributed by atoms with Gasteiger partial charge in [0.15, 0.2) is 11.6 Å². The molecular weight excluding hydrogens is 458 g/mol. The lowest BCUT2D eigenvalue weighted by molar-refractivity contribution is -0.191. The fourth-order valence-corrected chi connectivity index (χ4v) is 6.61. The summed E-state index contributed by atoms with van der Waals surface area (Å²) in [5.74, 6) is -3.12. The molecular formula is C24H34F2N6O3. The fraction of sp³-hybridized carbons (Fsp3) is 0.750. The summed E-state index contributed by atoms with van der Waals surface area (Å²) in [5, 5.41) is 4.36. The number of alkyl halides is 2. The second-order valence-corrected chi connectivity index (χ2v) is 10.9. The highest BCUT2D eigenvalue weighted by Gasteiger charge is 2.60. The van der Waals surface area contributed by atoms with Crippen molar-refractivity contribution in [3.05, 3.63) is 24.2 Å². The number of anilines is 1. The molecule has 4 aliphatic rings. The van der Waals surface area contributed by atoms with Gasteiger partial charge in [0.1, 0.15) is 36.3 Å². The highest BCUT2D eigenvalue weighted by atomic mass is 19.3. The number of aromatic nitrogens is 3. The SMILES string of the molecule is CCN1CCC2(CC1)CC(F)(F)CN2C[C@H]1O[C@@H](c2ccc3c(N)ncnn23)[C@@H]2OC(C)(C)O[C@@H]21. The van der Waals surface area contributed by atoms with Crippen molar-refractivity contribution in [2.45, 2.75) is 81.7 Å². The summed E-state index contributed by atoms with van der Waals surface area (Å²) < 4.78 is 50.4. The van der Waals surface area contributed by atoms with Gasteiger partial charge in [-0.2, -0.15) is 5.10 Å². The van der Waals surface area contributed by atoms with Gasteiger partial charge in [-0.25, -0.2) is 18.3 Å². The Kier molecular flexibility index (Phi) is 5.39. The maximum Gasteiger partial charge on any atom is 0.262 e. The van der Waals surface area contributed by atoms with Crippen LogP contribution in [-0.4, -0.2) is 92.7 Å². The van der Waals surface area contributed by atoms with Crippen LogP contribution in [-0.2, 0) is 14.2 Å². The van der Waals surface area contributed by atoms with Crippen molar-refractivity contribution in [1.82, 2.24) is 24.4 Å². The lowest BCUT2D eigenvalue weighted by atomic mass is 9.84. The van der Waals surface area contributed by atoms with Gasteiger partial charge in [0, 0.05) is 18.5 Å². The van der Waals surface area contributed by atoms with Gasteiger partial charge in [-0.15, -0.1) is 0 Å². The van der Waals surface area contributed by atoms with Crippen LogP contribution in [0.3, 0.4) is 0 Å². The van der Waals surface area contributed by atoms with Crippen molar-refractivity contribution < 1.29 is 23.0 Å². The van der Waals surface area contributed by atoms with Crippen LogP contribution in [0.2, 0.25) is 0 Å². The molecule has 9 nitrogen and oxygen atoms in total. The quantitative estimate of drug-likeness (QED) is 0.696. The summed E-state index contributed by atoms with van der Waals surface area (Å²) in [6.07, 6.45) is 1.16. The summed E-state index contributed by atoms with van der Waals surface area (Å²) in [5.41, 5.74) is 6.99. The van der Waals surface area contributed by atoms with E-state index in [0.717, 1.165) is 38.2 Å². The molecule has 6 heterocycles. The highest BCUT2D eigenvalue weighted by Crippen LogP contribution is 2.49. The topological polar surface area (TPSA) is 90.4 Å². The number of likely N-dealkylation sites (tertiary alicyclic amines) is 2. The van der Waals surface area contributed by atoms with Gasteiger partial charge in [-0.1, -0.05) is 6.92 Å². The van der Waals surface area contributed by atoms with E-state index in [9.17, 15) is 8.78 Å². The van der Waals surface area contributed by atoms with Gasteiger partial charge in [-0.3, -0.25) is 4.90 Å². The smallest absolute Gasteiger partial charge is 0.262 e. The summed E-state index contributed by atoms with van der Waals surface area (Å²) in [4.78, 5) is 8.38. The predicted molar refractivity (Wildman–Crippen MR) is 124 cm³/mol. The van der Waals surface area contributed by atoms with Crippen LogP contribution in [0.4, 0.5) is 14.6 Å². The first-order valence-electron chi connectivity index (χ1n) is 12.5. The Morgan fingerprint density at radius 2 is 1.89 bits per heavy atom. The summed E-state index contributed by atoms with van der Waals surface area (Å²) in [6.45, 7) is 8.63. The third-order valence-electron chi connectivity index (χ3n) is 8.27. The third-order valence-corrected chi connectivity index (χ3v) is 8.27. The molecule has 0 radical (unpaired) electrons. The van der Waals surface area contributed by atoms with Crippen molar-refractivity contribution in [3.8, 4) is 0 Å². The van der Waals surface area contributed by atoms with Crippen LogP contribution >= 0.6 is 0 Å². The molecule has 2 aromatic heterocycles. The third kappa shape index (κ3) is 3.92. The summed E-state index contributed by atoms with van der Waals surface area (Å²) in [6, 6.07) is 3.76. The molecule has 192 valence electrons. The Labute approximate surface area is 203 Å². The molecule has 4 aliphatic heterocycles. The molecule has 2 N–H and O–H groups in total. The van der Waals surface area contributed by atoms with E-state index in [2.05, 4.69) is 21.9 Å². The van der Waals surface area contributed by atoms with Crippen LogP contribution in [0.1, 0.15) is 51.8 Å². The summed E-state index contributed by atoms with van der Waals surface area (Å²) >= 11 is 0. The van der Waals surface area contributed by atoms with Crippen molar-refractivity contribution in [1.29, 1.82) is 0 Å². The van der Waals surface area contributed by atoms with Crippen molar-refractivity contribution in [3.63, 3.8) is 0 Å². The molecule has 4 saturated heterocycles. The van der Waals surface area contributed by atoms with Gasteiger partial charge < -0.3 is 24.8 Å². The second-order valence-electron chi connectivity index (χ2n) is 10.9. The first kappa shape index (κ1) is 23.5. The average molecular weight is 493 g/mol. The normalized spacial score (nSPS) is 34.2. The second kappa shape index (κ2) is 8.04. The average Bonchev–Trinajstić information content (AvgIpc) is 3.50. The number of nitrogens with zero attached hydrogens (tertiary/aromatic N) is 5. The molecule has 0 unspecified atom stereocenters. The maximum atomic E-state index is 14.8. The molecule has 35 heavy (non-hydrogen) atoms. The number of nitrogens with two attached hydrogens (primary N) is 1. The van der Waals surface area contributed by atoms with Gasteiger partial charge in [0.05, 0.1) is 12.2 Å². The van der Waals surface area contributed by atoms with Gasteiger partial charge >= 0.3 is 0 Å². The Balaban J connectivity index is 1.29. The van der Waals surface area contributed by atoms with Gasteiger partial charge in [0.2, 0.25) is 0 Å². The Morgan fingerprint density at radius 1 is 1.14 bits per heavy atom. The number of hydrogen-bond acceptors (Lipinski definition) is 8. The molecule has 0 amide bonds. The standard InChI is InChI=1S/C24H34F2N6O3/c1-4-30-9-7-23(8-10-30)12-24(25,26)13-31(23)11-17-19-20(35-22(2,3)34-19)18(33-17)15-5-6-16-21(27)28-14-29-32(15)16/h5-6,14,17-20H,4,7-13H2,1-3H3,(H2,27,28,29)/t17-,18+,19-,20+/m1/s1. The molecule has 1 spiro atoms. The predicted octanol–water partition coefficient (Wildman–Crippen LogP) is 2.47. The monoisotopic (exact) mass is 492 g/mol. The molecule has 0 saturated carbocycles. The Hall–Kier alpha value is -1.92. The number of hydrogen-bond donors (Lipinski definition) is 1. The molecule has 0 bridgehead atoms. The minimum absolute atomic E-state index is 0.0931. The largest absolute Gasteiger partial charge is 0.382 e. The number of nitrogen functional groups attached to an aromatic ring is 1. The van der Waals surface area contributed by atoms with Gasteiger partial charge in [0.25, 0.3) is 5.92 Å².